The number of carbonyl (C=O) groups is 2. The zero-order valence-corrected chi connectivity index (χ0v) is 13.6. The van der Waals surface area contributed by atoms with E-state index < -0.39 is 5.97 Å². The molecule has 1 rings (SSSR count). The first kappa shape index (κ1) is 17.8. The van der Waals surface area contributed by atoms with Gasteiger partial charge in [-0.05, 0) is 38.3 Å². The van der Waals surface area contributed by atoms with Crippen molar-refractivity contribution in [2.75, 3.05) is 20.1 Å². The van der Waals surface area contributed by atoms with Crippen LogP contribution in [0.1, 0.15) is 46.5 Å². The Labute approximate surface area is 127 Å². The van der Waals surface area contributed by atoms with Gasteiger partial charge in [-0.3, -0.25) is 4.79 Å². The molecule has 0 bridgehead atoms. The predicted molar refractivity (Wildman–Crippen MR) is 82.3 cm³/mol. The Balaban J connectivity index is 2.48. The Morgan fingerprint density at radius 3 is 2.57 bits per heavy atom. The van der Waals surface area contributed by atoms with Crippen LogP contribution in [0.3, 0.4) is 0 Å². The van der Waals surface area contributed by atoms with Gasteiger partial charge in [0.1, 0.15) is 0 Å². The van der Waals surface area contributed by atoms with Gasteiger partial charge in [-0.15, -0.1) is 0 Å². The monoisotopic (exact) mass is 299 g/mol. The van der Waals surface area contributed by atoms with Crippen molar-refractivity contribution in [1.82, 2.24) is 15.5 Å². The van der Waals surface area contributed by atoms with Gasteiger partial charge in [0.05, 0.1) is 6.42 Å². The lowest BCUT2D eigenvalue weighted by molar-refractivity contribution is -0.137. The molecule has 0 radical (unpaired) electrons. The summed E-state index contributed by atoms with van der Waals surface area (Å²) in [5.74, 6) is -0.887. The van der Waals surface area contributed by atoms with Gasteiger partial charge >= 0.3 is 12.0 Å². The van der Waals surface area contributed by atoms with Crippen molar-refractivity contribution in [3.05, 3.63) is 0 Å². The van der Waals surface area contributed by atoms with Crippen LogP contribution in [0, 0.1) is 5.41 Å². The molecule has 21 heavy (non-hydrogen) atoms. The molecule has 0 aromatic heterocycles. The summed E-state index contributed by atoms with van der Waals surface area (Å²) in [6, 6.07) is -0.460. The first-order valence-corrected chi connectivity index (χ1v) is 7.63. The third kappa shape index (κ3) is 7.90. The molecule has 122 valence electrons. The van der Waals surface area contributed by atoms with Gasteiger partial charge in [0.15, 0.2) is 0 Å². The van der Waals surface area contributed by atoms with E-state index in [0.29, 0.717) is 6.42 Å². The van der Waals surface area contributed by atoms with Gasteiger partial charge in [-0.25, -0.2) is 4.79 Å². The van der Waals surface area contributed by atoms with Crippen LogP contribution >= 0.6 is 0 Å². The first-order chi connectivity index (χ1) is 9.65. The molecule has 3 N–H and O–H groups in total. The van der Waals surface area contributed by atoms with E-state index in [0.717, 1.165) is 25.9 Å². The van der Waals surface area contributed by atoms with Crippen molar-refractivity contribution in [1.29, 1.82) is 0 Å². The highest BCUT2D eigenvalue weighted by molar-refractivity contribution is 5.76. The molecule has 1 saturated heterocycles. The summed E-state index contributed by atoms with van der Waals surface area (Å²) in [6.45, 7) is 8.02. The van der Waals surface area contributed by atoms with Crippen LogP contribution in [0.15, 0.2) is 0 Å². The van der Waals surface area contributed by atoms with Crippen molar-refractivity contribution in [2.24, 2.45) is 5.41 Å². The molecule has 2 unspecified atom stereocenters. The van der Waals surface area contributed by atoms with E-state index in [4.69, 9.17) is 5.11 Å². The molecule has 2 amide bonds. The van der Waals surface area contributed by atoms with E-state index in [9.17, 15) is 9.59 Å². The summed E-state index contributed by atoms with van der Waals surface area (Å²) in [4.78, 5) is 25.2. The van der Waals surface area contributed by atoms with Crippen molar-refractivity contribution in [3.8, 4) is 0 Å². The highest BCUT2D eigenvalue weighted by atomic mass is 16.4. The first-order valence-electron chi connectivity index (χ1n) is 7.63. The van der Waals surface area contributed by atoms with E-state index in [-0.39, 0.29) is 30.0 Å². The van der Waals surface area contributed by atoms with Crippen LogP contribution in [-0.2, 0) is 4.79 Å². The zero-order valence-electron chi connectivity index (χ0n) is 13.6. The third-order valence-electron chi connectivity index (χ3n) is 3.57. The zero-order chi connectivity index (χ0) is 16.0. The number of urea groups is 1. The third-order valence-corrected chi connectivity index (χ3v) is 3.57. The molecule has 0 spiro atoms. The van der Waals surface area contributed by atoms with Crippen molar-refractivity contribution in [3.63, 3.8) is 0 Å². The quantitative estimate of drug-likeness (QED) is 0.721. The van der Waals surface area contributed by atoms with Gasteiger partial charge in [-0.1, -0.05) is 20.8 Å². The maximum atomic E-state index is 12.1. The number of likely N-dealkylation sites (N-methyl/N-ethyl adjacent to an activating group) is 1. The summed E-state index contributed by atoms with van der Waals surface area (Å²) in [6.07, 6.45) is 2.63. The molecule has 0 aliphatic carbocycles. The number of aliphatic carboxylic acids is 1. The lowest BCUT2D eigenvalue weighted by Gasteiger charge is -2.31. The standard InChI is InChI=1S/C15H29N3O3/c1-15(2,3)9-12(8-13(19)20)17-14(21)16-11-6-5-7-18(4)10-11/h11-12H,5-10H2,1-4H3,(H,19,20)(H2,16,17,21). The molecule has 6 nitrogen and oxygen atoms in total. The number of carboxylic acid groups (broad SMARTS) is 1. The fourth-order valence-corrected chi connectivity index (χ4v) is 2.82. The SMILES string of the molecule is CN1CCCC(NC(=O)NC(CC(=O)O)CC(C)(C)C)C1. The number of carbonyl (C=O) groups excluding carboxylic acids is 1. The number of rotatable bonds is 5. The molecular formula is C15H29N3O3. The average Bonchev–Trinajstić information content (AvgIpc) is 2.24. The van der Waals surface area contributed by atoms with Gasteiger partial charge in [0.25, 0.3) is 0 Å². The van der Waals surface area contributed by atoms with Crippen LogP contribution in [0.25, 0.3) is 0 Å². The molecule has 0 aromatic rings. The Hall–Kier alpha value is -1.30. The van der Waals surface area contributed by atoms with Crippen LogP contribution in [-0.4, -0.2) is 54.2 Å². The molecular weight excluding hydrogens is 270 g/mol. The Morgan fingerprint density at radius 1 is 1.38 bits per heavy atom. The smallest absolute Gasteiger partial charge is 0.315 e. The fraction of sp³-hybridized carbons (Fsp3) is 0.867. The van der Waals surface area contributed by atoms with Gasteiger partial charge in [-0.2, -0.15) is 0 Å². The highest BCUT2D eigenvalue weighted by Gasteiger charge is 2.24. The Kier molecular flexibility index (Phi) is 6.45. The summed E-state index contributed by atoms with van der Waals surface area (Å²) in [7, 11) is 2.04. The summed E-state index contributed by atoms with van der Waals surface area (Å²) in [5, 5.41) is 14.7. The molecule has 1 aliphatic heterocycles. The second-order valence-electron chi connectivity index (χ2n) is 7.28. The molecule has 1 heterocycles. The predicted octanol–water partition coefficient (Wildman–Crippen LogP) is 1.66. The number of hydrogen-bond acceptors (Lipinski definition) is 3. The molecule has 0 saturated carbocycles. The topological polar surface area (TPSA) is 81.7 Å². The number of nitrogens with one attached hydrogen (secondary N) is 2. The number of likely N-dealkylation sites (tertiary alicyclic amines) is 1. The fourth-order valence-electron chi connectivity index (χ4n) is 2.82. The number of carboxylic acids is 1. The van der Waals surface area contributed by atoms with Crippen molar-refractivity contribution < 1.29 is 14.7 Å². The summed E-state index contributed by atoms with van der Waals surface area (Å²) >= 11 is 0. The molecule has 2 atom stereocenters. The van der Waals surface area contributed by atoms with Crippen LogP contribution in [0.2, 0.25) is 0 Å². The lowest BCUT2D eigenvalue weighted by atomic mass is 9.87. The molecule has 1 aliphatic rings. The van der Waals surface area contributed by atoms with Gasteiger partial charge in [0.2, 0.25) is 0 Å². The van der Waals surface area contributed by atoms with Gasteiger partial charge < -0.3 is 20.6 Å². The van der Waals surface area contributed by atoms with E-state index in [2.05, 4.69) is 15.5 Å². The molecule has 6 heteroatoms. The maximum Gasteiger partial charge on any atom is 0.315 e. The number of hydrogen-bond donors (Lipinski definition) is 3. The normalized spacial score (nSPS) is 21.6. The van der Waals surface area contributed by atoms with E-state index in [1.165, 1.54) is 0 Å². The van der Waals surface area contributed by atoms with E-state index in [1.54, 1.807) is 0 Å². The summed E-state index contributed by atoms with van der Waals surface area (Å²) < 4.78 is 0. The minimum Gasteiger partial charge on any atom is -0.481 e. The Bertz CT molecular complexity index is 366. The van der Waals surface area contributed by atoms with Crippen molar-refractivity contribution in [2.45, 2.75) is 58.5 Å². The minimum atomic E-state index is -0.887. The second kappa shape index (κ2) is 7.64. The largest absolute Gasteiger partial charge is 0.481 e. The highest BCUT2D eigenvalue weighted by Crippen LogP contribution is 2.22. The van der Waals surface area contributed by atoms with Crippen LogP contribution < -0.4 is 10.6 Å². The number of amides is 2. The van der Waals surface area contributed by atoms with E-state index in [1.807, 2.05) is 27.8 Å². The van der Waals surface area contributed by atoms with Crippen molar-refractivity contribution >= 4 is 12.0 Å². The minimum absolute atomic E-state index is 0.0293. The molecule has 0 aromatic carbocycles. The average molecular weight is 299 g/mol. The van der Waals surface area contributed by atoms with Crippen LogP contribution in [0.5, 0.6) is 0 Å². The number of nitrogens with zero attached hydrogens (tertiary/aromatic N) is 1. The van der Waals surface area contributed by atoms with Gasteiger partial charge in [0, 0.05) is 18.6 Å². The second-order valence-corrected chi connectivity index (χ2v) is 7.28. The maximum absolute atomic E-state index is 12.1. The number of piperidine rings is 1. The molecule has 1 fully saturated rings. The Morgan fingerprint density at radius 2 is 2.05 bits per heavy atom. The summed E-state index contributed by atoms with van der Waals surface area (Å²) in [5.41, 5.74) is -0.0293. The lowest BCUT2D eigenvalue weighted by Crippen LogP contribution is -2.52. The van der Waals surface area contributed by atoms with Crippen LogP contribution in [0.4, 0.5) is 4.79 Å². The van der Waals surface area contributed by atoms with E-state index >= 15 is 0 Å².